The second-order valence-corrected chi connectivity index (χ2v) is 5.79. The van der Waals surface area contributed by atoms with Crippen molar-refractivity contribution in [3.63, 3.8) is 0 Å². The van der Waals surface area contributed by atoms with Crippen molar-refractivity contribution in [2.45, 2.75) is 19.9 Å². The van der Waals surface area contributed by atoms with Gasteiger partial charge in [0.2, 0.25) is 5.89 Å². The van der Waals surface area contributed by atoms with Crippen LogP contribution in [0.1, 0.15) is 24.2 Å². The number of nitro groups is 1. The van der Waals surface area contributed by atoms with Crippen molar-refractivity contribution in [1.29, 1.82) is 5.26 Å². The van der Waals surface area contributed by atoms with Gasteiger partial charge in [-0.1, -0.05) is 12.1 Å². The highest BCUT2D eigenvalue weighted by atomic mass is 16.6. The summed E-state index contributed by atoms with van der Waals surface area (Å²) in [6.45, 7) is 5.63. The normalized spacial score (nSPS) is 15.1. The molecule has 2 heterocycles. The lowest BCUT2D eigenvalue weighted by molar-refractivity contribution is -0.384. The number of aromatic nitrogens is 2. The maximum Gasteiger partial charge on any atom is 0.270 e. The minimum Gasteiger partial charge on any atom is -0.368 e. The summed E-state index contributed by atoms with van der Waals surface area (Å²) >= 11 is 0. The first kappa shape index (κ1) is 16.9. The van der Waals surface area contributed by atoms with Crippen LogP contribution in [0.4, 0.5) is 11.4 Å². The molecule has 0 N–H and O–H groups in total. The summed E-state index contributed by atoms with van der Waals surface area (Å²) in [6.07, 6.45) is 0.720. The molecular formula is C16H18N6O3. The lowest BCUT2D eigenvalue weighted by Gasteiger charge is -2.35. The van der Waals surface area contributed by atoms with Gasteiger partial charge in [0.05, 0.1) is 22.7 Å². The van der Waals surface area contributed by atoms with Crippen molar-refractivity contribution in [2.75, 3.05) is 31.1 Å². The molecule has 9 heteroatoms. The maximum atomic E-state index is 10.9. The third-order valence-corrected chi connectivity index (χ3v) is 4.20. The van der Waals surface area contributed by atoms with Crippen LogP contribution >= 0.6 is 0 Å². The molecule has 0 unspecified atom stereocenters. The van der Waals surface area contributed by atoms with Gasteiger partial charge in [-0.3, -0.25) is 15.0 Å². The van der Waals surface area contributed by atoms with E-state index in [-0.39, 0.29) is 5.69 Å². The average molecular weight is 342 g/mol. The van der Waals surface area contributed by atoms with Crippen molar-refractivity contribution in [2.24, 2.45) is 0 Å². The van der Waals surface area contributed by atoms with E-state index in [1.165, 1.54) is 12.1 Å². The van der Waals surface area contributed by atoms with Gasteiger partial charge in [-0.25, -0.2) is 0 Å². The van der Waals surface area contributed by atoms with Crippen LogP contribution in [0.15, 0.2) is 22.7 Å². The summed E-state index contributed by atoms with van der Waals surface area (Å²) < 4.78 is 5.12. The quantitative estimate of drug-likeness (QED) is 0.596. The zero-order chi connectivity index (χ0) is 17.8. The van der Waals surface area contributed by atoms with Crippen LogP contribution in [0, 0.1) is 21.4 Å². The van der Waals surface area contributed by atoms with E-state index < -0.39 is 4.92 Å². The predicted octanol–water partition coefficient (Wildman–Crippen LogP) is 1.73. The van der Waals surface area contributed by atoms with Gasteiger partial charge in [0.15, 0.2) is 5.82 Å². The van der Waals surface area contributed by atoms with Crippen LogP contribution in [0.2, 0.25) is 0 Å². The molecule has 1 aromatic carbocycles. The average Bonchev–Trinajstić information content (AvgIpc) is 3.09. The van der Waals surface area contributed by atoms with Crippen LogP contribution in [-0.4, -0.2) is 46.1 Å². The molecule has 0 spiro atoms. The minimum atomic E-state index is -0.488. The monoisotopic (exact) mass is 342 g/mol. The molecule has 3 rings (SSSR count). The van der Waals surface area contributed by atoms with E-state index in [1.54, 1.807) is 6.07 Å². The second kappa shape index (κ2) is 7.27. The van der Waals surface area contributed by atoms with Crippen LogP contribution in [-0.2, 0) is 13.0 Å². The van der Waals surface area contributed by atoms with Gasteiger partial charge < -0.3 is 9.42 Å². The Balaban J connectivity index is 1.64. The van der Waals surface area contributed by atoms with Gasteiger partial charge in [-0.15, -0.1) is 0 Å². The lowest BCUT2D eigenvalue weighted by atomic mass is 10.1. The van der Waals surface area contributed by atoms with E-state index in [1.807, 2.05) is 6.92 Å². The summed E-state index contributed by atoms with van der Waals surface area (Å²) in [5, 5.41) is 24.1. The third kappa shape index (κ3) is 3.75. The summed E-state index contributed by atoms with van der Waals surface area (Å²) in [7, 11) is 0. The number of rotatable bonds is 5. The number of hydrogen-bond donors (Lipinski definition) is 0. The number of non-ortho nitro benzene ring substituents is 1. The van der Waals surface area contributed by atoms with Crippen molar-refractivity contribution in [3.05, 3.63) is 45.6 Å². The number of nitrogens with zero attached hydrogens (tertiary/aromatic N) is 6. The van der Waals surface area contributed by atoms with E-state index >= 15 is 0 Å². The predicted molar refractivity (Wildman–Crippen MR) is 89.0 cm³/mol. The van der Waals surface area contributed by atoms with Gasteiger partial charge in [0.1, 0.15) is 6.07 Å². The molecule has 2 aromatic rings. The molecule has 0 amide bonds. The van der Waals surface area contributed by atoms with Gasteiger partial charge in [0.25, 0.3) is 5.69 Å². The molecule has 1 aromatic heterocycles. The number of nitriles is 1. The number of piperazine rings is 1. The largest absolute Gasteiger partial charge is 0.368 e. The highest BCUT2D eigenvalue weighted by molar-refractivity contribution is 5.63. The fraction of sp³-hybridized carbons (Fsp3) is 0.438. The number of nitro benzene ring substituents is 1. The Morgan fingerprint density at radius 3 is 2.72 bits per heavy atom. The molecular weight excluding hydrogens is 324 g/mol. The third-order valence-electron chi connectivity index (χ3n) is 4.20. The summed E-state index contributed by atoms with van der Waals surface area (Å²) in [5.41, 5.74) is 0.997. The molecule has 0 radical (unpaired) electrons. The van der Waals surface area contributed by atoms with Crippen molar-refractivity contribution in [3.8, 4) is 6.07 Å². The van der Waals surface area contributed by atoms with Crippen LogP contribution < -0.4 is 4.90 Å². The zero-order valence-corrected chi connectivity index (χ0v) is 13.9. The fourth-order valence-electron chi connectivity index (χ4n) is 2.85. The number of anilines is 1. The van der Waals surface area contributed by atoms with Crippen molar-refractivity contribution >= 4 is 11.4 Å². The van der Waals surface area contributed by atoms with Crippen molar-refractivity contribution < 1.29 is 9.45 Å². The van der Waals surface area contributed by atoms with Crippen LogP contribution in [0.25, 0.3) is 0 Å². The summed E-state index contributed by atoms with van der Waals surface area (Å²) in [6, 6.07) is 6.47. The Bertz CT molecular complexity index is 804. The SMILES string of the molecule is CCc1nc(CN2CCN(c3ccc([N+](=O)[O-])cc3C#N)CC2)no1. The second-order valence-electron chi connectivity index (χ2n) is 5.79. The van der Waals surface area contributed by atoms with E-state index in [4.69, 9.17) is 4.52 Å². The highest BCUT2D eigenvalue weighted by Gasteiger charge is 2.22. The topological polar surface area (TPSA) is 112 Å². The van der Waals surface area contributed by atoms with E-state index in [9.17, 15) is 15.4 Å². The van der Waals surface area contributed by atoms with Gasteiger partial charge >= 0.3 is 0 Å². The van der Waals surface area contributed by atoms with E-state index in [0.29, 0.717) is 23.8 Å². The molecule has 1 aliphatic heterocycles. The number of aryl methyl sites for hydroxylation is 1. The lowest BCUT2D eigenvalue weighted by Crippen LogP contribution is -2.46. The first-order valence-electron chi connectivity index (χ1n) is 8.08. The number of hydrogen-bond acceptors (Lipinski definition) is 8. The standard InChI is InChI=1S/C16H18N6O3/c1-2-16-18-15(19-25-16)11-20-5-7-21(8-6-20)14-4-3-13(22(23)24)9-12(14)10-17/h3-4,9H,2,5-8,11H2,1H3. The Labute approximate surface area is 144 Å². The summed E-state index contributed by atoms with van der Waals surface area (Å²) in [5.74, 6) is 1.32. The molecule has 1 aliphatic rings. The van der Waals surface area contributed by atoms with Gasteiger partial charge in [0, 0.05) is 44.7 Å². The summed E-state index contributed by atoms with van der Waals surface area (Å²) in [4.78, 5) is 19.0. The van der Waals surface area contributed by atoms with E-state index in [2.05, 4.69) is 26.0 Å². The molecule has 25 heavy (non-hydrogen) atoms. The Kier molecular flexibility index (Phi) is 4.90. The minimum absolute atomic E-state index is 0.0669. The van der Waals surface area contributed by atoms with E-state index in [0.717, 1.165) is 38.3 Å². The Morgan fingerprint density at radius 1 is 1.36 bits per heavy atom. The smallest absolute Gasteiger partial charge is 0.270 e. The Hall–Kier alpha value is -2.99. The van der Waals surface area contributed by atoms with Crippen molar-refractivity contribution in [1.82, 2.24) is 15.0 Å². The van der Waals surface area contributed by atoms with Gasteiger partial charge in [-0.2, -0.15) is 10.2 Å². The zero-order valence-electron chi connectivity index (χ0n) is 13.9. The molecule has 0 saturated carbocycles. The molecule has 1 saturated heterocycles. The molecule has 0 bridgehead atoms. The molecule has 0 aliphatic carbocycles. The van der Waals surface area contributed by atoms with Crippen LogP contribution in [0.5, 0.6) is 0 Å². The molecule has 9 nitrogen and oxygen atoms in total. The molecule has 130 valence electrons. The van der Waals surface area contributed by atoms with Crippen LogP contribution in [0.3, 0.4) is 0 Å². The fourth-order valence-corrected chi connectivity index (χ4v) is 2.85. The Morgan fingerprint density at radius 2 is 2.12 bits per heavy atom. The molecule has 1 fully saturated rings. The van der Waals surface area contributed by atoms with Gasteiger partial charge in [-0.05, 0) is 6.07 Å². The molecule has 0 atom stereocenters. The first-order valence-corrected chi connectivity index (χ1v) is 8.08. The maximum absolute atomic E-state index is 10.9. The first-order chi connectivity index (χ1) is 12.1. The highest BCUT2D eigenvalue weighted by Crippen LogP contribution is 2.26. The number of benzene rings is 1.